The first-order valence-electron chi connectivity index (χ1n) is 8.54. The van der Waals surface area contributed by atoms with E-state index in [-0.39, 0.29) is 23.3 Å². The number of hydrogen-bond acceptors (Lipinski definition) is 5. The second-order valence-corrected chi connectivity index (χ2v) is 8.24. The Morgan fingerprint density at radius 3 is 2.78 bits per heavy atom. The molecule has 9 heteroatoms. The summed E-state index contributed by atoms with van der Waals surface area (Å²) in [5.74, 6) is -0.562. The molecule has 2 aromatic rings. The molecule has 146 valence electrons. The van der Waals surface area contributed by atoms with E-state index in [4.69, 9.17) is 10.5 Å². The van der Waals surface area contributed by atoms with Gasteiger partial charge in [-0.1, -0.05) is 0 Å². The molecule has 1 aromatic carbocycles. The third-order valence-electron chi connectivity index (χ3n) is 4.28. The van der Waals surface area contributed by atoms with E-state index < -0.39 is 17.5 Å². The number of nitrogens with zero attached hydrogens (tertiary/aromatic N) is 3. The SMILES string of the molecule is CC(C)(C)OC(=O)N1CCc2c(c(CO)nn2-c2ccc(Br)c(F)c2N)C1. The van der Waals surface area contributed by atoms with Crippen molar-refractivity contribution >= 4 is 27.7 Å². The summed E-state index contributed by atoms with van der Waals surface area (Å²) in [4.78, 5) is 13.9. The lowest BCUT2D eigenvalue weighted by Crippen LogP contribution is -2.40. The predicted molar refractivity (Wildman–Crippen MR) is 102 cm³/mol. The van der Waals surface area contributed by atoms with Crippen molar-refractivity contribution in [3.05, 3.63) is 39.4 Å². The highest BCUT2D eigenvalue weighted by atomic mass is 79.9. The van der Waals surface area contributed by atoms with Crippen molar-refractivity contribution in [2.45, 2.75) is 45.9 Å². The quantitative estimate of drug-likeness (QED) is 0.699. The summed E-state index contributed by atoms with van der Waals surface area (Å²) in [6.45, 7) is 5.82. The number of nitrogen functional groups attached to an aromatic ring is 1. The zero-order valence-electron chi connectivity index (χ0n) is 15.4. The largest absolute Gasteiger partial charge is 0.444 e. The Balaban J connectivity index is 1.98. The van der Waals surface area contributed by atoms with Gasteiger partial charge in [-0.25, -0.2) is 13.9 Å². The van der Waals surface area contributed by atoms with Crippen molar-refractivity contribution < 1.29 is 19.0 Å². The van der Waals surface area contributed by atoms with Gasteiger partial charge in [-0.2, -0.15) is 5.10 Å². The molecule has 0 saturated heterocycles. The van der Waals surface area contributed by atoms with Crippen LogP contribution in [0.25, 0.3) is 5.69 Å². The average molecular weight is 441 g/mol. The van der Waals surface area contributed by atoms with Gasteiger partial charge in [0.2, 0.25) is 0 Å². The molecular formula is C18H22BrFN4O3. The highest BCUT2D eigenvalue weighted by molar-refractivity contribution is 9.10. The number of aromatic nitrogens is 2. The van der Waals surface area contributed by atoms with Crippen molar-refractivity contribution in [3.63, 3.8) is 0 Å². The lowest BCUT2D eigenvalue weighted by molar-refractivity contribution is 0.0222. The molecule has 1 aliphatic heterocycles. The molecule has 0 radical (unpaired) electrons. The van der Waals surface area contributed by atoms with Gasteiger partial charge < -0.3 is 20.5 Å². The number of hydrogen-bond donors (Lipinski definition) is 2. The molecule has 7 nitrogen and oxygen atoms in total. The van der Waals surface area contributed by atoms with Gasteiger partial charge >= 0.3 is 6.09 Å². The molecule has 27 heavy (non-hydrogen) atoms. The van der Waals surface area contributed by atoms with Crippen LogP contribution < -0.4 is 5.73 Å². The molecule has 3 N–H and O–H groups in total. The zero-order valence-corrected chi connectivity index (χ0v) is 17.0. The van der Waals surface area contributed by atoms with Crippen LogP contribution in [-0.2, 0) is 24.3 Å². The number of carbonyl (C=O) groups is 1. The number of carbonyl (C=O) groups excluding carboxylic acids is 1. The maximum absolute atomic E-state index is 14.2. The van der Waals surface area contributed by atoms with Crippen LogP contribution in [0, 0.1) is 5.82 Å². The van der Waals surface area contributed by atoms with Crippen molar-refractivity contribution in [2.24, 2.45) is 0 Å². The standard InChI is InChI=1S/C18H22BrFN4O3/c1-18(2,3)27-17(26)23-7-6-13-10(8-23)12(9-25)22-24(13)14-5-4-11(19)15(20)16(14)21/h4-5,25H,6-9,21H2,1-3H3. The number of amides is 1. The van der Waals surface area contributed by atoms with Gasteiger partial charge in [0.15, 0.2) is 5.82 Å². The Kier molecular flexibility index (Phi) is 5.18. The molecule has 0 spiro atoms. The molecule has 1 aromatic heterocycles. The Bertz CT molecular complexity index is 892. The van der Waals surface area contributed by atoms with Crippen molar-refractivity contribution in [3.8, 4) is 5.69 Å². The van der Waals surface area contributed by atoms with Gasteiger partial charge in [-0.3, -0.25) is 0 Å². The maximum Gasteiger partial charge on any atom is 0.410 e. The number of fused-ring (bicyclic) bond motifs is 1. The van der Waals surface area contributed by atoms with Gasteiger partial charge in [-0.05, 0) is 48.8 Å². The Hall–Kier alpha value is -2.13. The Morgan fingerprint density at radius 1 is 1.44 bits per heavy atom. The first-order chi connectivity index (χ1) is 12.6. The fraction of sp³-hybridized carbons (Fsp3) is 0.444. The van der Waals surface area contributed by atoms with E-state index in [0.717, 1.165) is 11.3 Å². The van der Waals surface area contributed by atoms with Crippen LogP contribution in [0.3, 0.4) is 0 Å². The van der Waals surface area contributed by atoms with Crippen LogP contribution in [0.1, 0.15) is 37.7 Å². The molecule has 1 amide bonds. The lowest BCUT2D eigenvalue weighted by Gasteiger charge is -2.30. The minimum Gasteiger partial charge on any atom is -0.444 e. The van der Waals surface area contributed by atoms with Crippen molar-refractivity contribution in [1.82, 2.24) is 14.7 Å². The molecule has 3 rings (SSSR count). The molecule has 1 aliphatic rings. The minimum atomic E-state index is -0.593. The van der Waals surface area contributed by atoms with Crippen molar-refractivity contribution in [1.29, 1.82) is 0 Å². The summed E-state index contributed by atoms with van der Waals surface area (Å²) >= 11 is 3.11. The number of aliphatic hydroxyl groups excluding tert-OH is 1. The molecule has 2 heterocycles. The normalized spacial score (nSPS) is 14.2. The number of aliphatic hydroxyl groups is 1. The molecule has 0 unspecified atom stereocenters. The van der Waals surface area contributed by atoms with Crippen LogP contribution in [0.4, 0.5) is 14.9 Å². The fourth-order valence-electron chi connectivity index (χ4n) is 3.04. The summed E-state index contributed by atoms with van der Waals surface area (Å²) in [5.41, 5.74) is 7.67. The lowest BCUT2D eigenvalue weighted by atomic mass is 10.1. The number of benzene rings is 1. The first-order valence-corrected chi connectivity index (χ1v) is 9.34. The van der Waals surface area contributed by atoms with Crippen LogP contribution in [0.15, 0.2) is 16.6 Å². The summed E-state index contributed by atoms with van der Waals surface area (Å²) in [5, 5.41) is 14.1. The second kappa shape index (κ2) is 7.12. The molecule has 0 saturated carbocycles. The molecular weight excluding hydrogens is 419 g/mol. The summed E-state index contributed by atoms with van der Waals surface area (Å²) in [6.07, 6.45) is 0.0672. The van der Waals surface area contributed by atoms with Gasteiger partial charge in [0, 0.05) is 18.5 Å². The number of ether oxygens (including phenoxy) is 1. The number of anilines is 1. The van der Waals surface area contributed by atoms with E-state index in [2.05, 4.69) is 21.0 Å². The second-order valence-electron chi connectivity index (χ2n) is 7.39. The van der Waals surface area contributed by atoms with Crippen LogP contribution in [0.5, 0.6) is 0 Å². The van der Waals surface area contributed by atoms with Gasteiger partial charge in [0.05, 0.1) is 40.4 Å². The first kappa shape index (κ1) is 19.6. The predicted octanol–water partition coefficient (Wildman–Crippen LogP) is 3.14. The van der Waals surface area contributed by atoms with E-state index in [1.165, 1.54) is 0 Å². The monoisotopic (exact) mass is 440 g/mol. The van der Waals surface area contributed by atoms with E-state index in [0.29, 0.717) is 24.3 Å². The number of nitrogens with two attached hydrogens (primary N) is 1. The van der Waals surface area contributed by atoms with E-state index in [1.807, 2.05) is 20.8 Å². The summed E-state index contributed by atoms with van der Waals surface area (Å²) < 4.78 is 21.4. The molecule has 0 atom stereocenters. The Labute approximate surface area is 165 Å². The molecule has 0 fully saturated rings. The highest BCUT2D eigenvalue weighted by Gasteiger charge is 2.31. The maximum atomic E-state index is 14.2. The zero-order chi connectivity index (χ0) is 19.9. The van der Waals surface area contributed by atoms with Crippen LogP contribution in [0.2, 0.25) is 0 Å². The minimum absolute atomic E-state index is 0.0336. The molecule has 0 aliphatic carbocycles. The van der Waals surface area contributed by atoms with Gasteiger partial charge in [0.25, 0.3) is 0 Å². The Morgan fingerprint density at radius 2 is 2.15 bits per heavy atom. The smallest absolute Gasteiger partial charge is 0.410 e. The van der Waals surface area contributed by atoms with E-state index in [9.17, 15) is 14.3 Å². The van der Waals surface area contributed by atoms with Crippen LogP contribution in [-0.4, -0.2) is 38.0 Å². The number of halogens is 2. The third-order valence-corrected chi connectivity index (χ3v) is 4.89. The van der Waals surface area contributed by atoms with E-state index >= 15 is 0 Å². The highest BCUT2D eigenvalue weighted by Crippen LogP contribution is 2.31. The molecule has 0 bridgehead atoms. The van der Waals surface area contributed by atoms with Gasteiger partial charge in [-0.15, -0.1) is 0 Å². The van der Waals surface area contributed by atoms with E-state index in [1.54, 1.807) is 21.7 Å². The van der Waals surface area contributed by atoms with Crippen molar-refractivity contribution in [2.75, 3.05) is 12.3 Å². The van der Waals surface area contributed by atoms with Crippen LogP contribution >= 0.6 is 15.9 Å². The van der Waals surface area contributed by atoms with Gasteiger partial charge in [0.1, 0.15) is 5.60 Å². The third kappa shape index (κ3) is 3.79. The average Bonchev–Trinajstić information content (AvgIpc) is 2.96. The summed E-state index contributed by atoms with van der Waals surface area (Å²) in [7, 11) is 0. The number of rotatable bonds is 2. The summed E-state index contributed by atoms with van der Waals surface area (Å²) in [6, 6.07) is 3.22. The fourth-order valence-corrected chi connectivity index (χ4v) is 3.38. The topological polar surface area (TPSA) is 93.6 Å².